The van der Waals surface area contributed by atoms with E-state index in [1.807, 2.05) is 75.4 Å². The number of benzene rings is 3. The van der Waals surface area contributed by atoms with Crippen LogP contribution in [0.5, 0.6) is 0 Å². The highest BCUT2D eigenvalue weighted by atomic mass is 32.2. The molecule has 0 aromatic heterocycles. The Kier molecular flexibility index (Phi) is 9.34. The third-order valence-corrected chi connectivity index (χ3v) is 6.33. The average Bonchev–Trinajstić information content (AvgIpc) is 2.83. The van der Waals surface area contributed by atoms with Gasteiger partial charge in [0, 0.05) is 11.5 Å². The van der Waals surface area contributed by atoms with Crippen LogP contribution in [0.3, 0.4) is 0 Å². The van der Waals surface area contributed by atoms with Crippen molar-refractivity contribution in [2.24, 2.45) is 0 Å². The number of carbonyl (C=O) groups is 1. The van der Waals surface area contributed by atoms with E-state index in [1.54, 1.807) is 0 Å². The van der Waals surface area contributed by atoms with Crippen molar-refractivity contribution in [3.63, 3.8) is 0 Å². The van der Waals surface area contributed by atoms with Gasteiger partial charge in [-0.3, -0.25) is 4.79 Å². The smallest absolute Gasteiger partial charge is 0.307 e. The lowest BCUT2D eigenvalue weighted by Gasteiger charge is -2.36. The van der Waals surface area contributed by atoms with Crippen LogP contribution in [0.25, 0.3) is 0 Å². The molecule has 3 aromatic carbocycles. The lowest BCUT2D eigenvalue weighted by atomic mass is 9.80. The number of hydrogen-bond donors (Lipinski definition) is 1. The molecule has 5 heteroatoms. The number of ether oxygens (including phenoxy) is 2. The Labute approximate surface area is 207 Å². The van der Waals surface area contributed by atoms with Crippen molar-refractivity contribution in [2.45, 2.75) is 44.5 Å². The van der Waals surface area contributed by atoms with Gasteiger partial charge in [-0.05, 0) is 37.5 Å². The molecule has 3 rings (SSSR count). The van der Waals surface area contributed by atoms with Crippen LogP contribution in [0.2, 0.25) is 0 Å². The molecule has 0 bridgehead atoms. The van der Waals surface area contributed by atoms with E-state index in [0.717, 1.165) is 16.7 Å². The maximum absolute atomic E-state index is 11.9. The summed E-state index contributed by atoms with van der Waals surface area (Å²) >= 11 is 1.52. The van der Waals surface area contributed by atoms with Gasteiger partial charge in [-0.25, -0.2) is 0 Å². The largest absolute Gasteiger partial charge is 0.460 e. The Morgan fingerprint density at radius 3 is 1.68 bits per heavy atom. The predicted octanol–water partition coefficient (Wildman–Crippen LogP) is 5.82. The van der Waals surface area contributed by atoms with Crippen LogP contribution in [-0.4, -0.2) is 40.9 Å². The molecular formula is C29H34O4S. The maximum atomic E-state index is 11.9. The third kappa shape index (κ3) is 7.20. The van der Waals surface area contributed by atoms with E-state index in [1.165, 1.54) is 11.8 Å². The van der Waals surface area contributed by atoms with Crippen molar-refractivity contribution >= 4 is 17.7 Å². The topological polar surface area (TPSA) is 55.8 Å². The zero-order valence-corrected chi connectivity index (χ0v) is 21.0. The highest BCUT2D eigenvalue weighted by Crippen LogP contribution is 2.40. The zero-order valence-electron chi connectivity index (χ0n) is 20.1. The summed E-state index contributed by atoms with van der Waals surface area (Å²) in [6.45, 7) is 5.73. The normalized spacial score (nSPS) is 12.8. The highest BCUT2D eigenvalue weighted by molar-refractivity contribution is 7.99. The van der Waals surface area contributed by atoms with E-state index < -0.39 is 17.3 Å². The molecule has 0 saturated heterocycles. The first kappa shape index (κ1) is 26.0. The first-order valence-corrected chi connectivity index (χ1v) is 12.7. The molecule has 4 nitrogen and oxygen atoms in total. The Morgan fingerprint density at radius 1 is 0.824 bits per heavy atom. The van der Waals surface area contributed by atoms with Gasteiger partial charge in [0.05, 0.1) is 19.1 Å². The number of thioether (sulfide) groups is 1. The molecule has 1 N–H and O–H groups in total. The van der Waals surface area contributed by atoms with E-state index >= 15 is 0 Å². The van der Waals surface area contributed by atoms with E-state index in [2.05, 4.69) is 36.4 Å². The van der Waals surface area contributed by atoms with Gasteiger partial charge in [0.15, 0.2) is 0 Å². The second-order valence-corrected chi connectivity index (χ2v) is 10.3. The lowest BCUT2D eigenvalue weighted by Crippen LogP contribution is -2.36. The molecule has 0 radical (unpaired) electrons. The van der Waals surface area contributed by atoms with Gasteiger partial charge in [-0.2, -0.15) is 11.8 Å². The minimum absolute atomic E-state index is 0.151. The quantitative estimate of drug-likeness (QED) is 0.214. The van der Waals surface area contributed by atoms with Crippen LogP contribution in [0.15, 0.2) is 91.0 Å². The summed E-state index contributed by atoms with van der Waals surface area (Å²) in [4.78, 5) is 11.9. The fraction of sp³-hybridized carbons (Fsp3) is 0.345. The summed E-state index contributed by atoms with van der Waals surface area (Å²) in [5.41, 5.74) is 1.66. The van der Waals surface area contributed by atoms with Gasteiger partial charge in [-0.15, -0.1) is 0 Å². The molecule has 180 valence electrons. The molecule has 0 heterocycles. The van der Waals surface area contributed by atoms with Gasteiger partial charge < -0.3 is 14.6 Å². The number of carbonyl (C=O) groups excluding carboxylic acids is 1. The number of aliphatic hydroxyl groups excluding tert-OH is 1. The Bertz CT molecular complexity index is 904. The van der Waals surface area contributed by atoms with E-state index in [0.29, 0.717) is 17.9 Å². The van der Waals surface area contributed by atoms with Crippen molar-refractivity contribution < 1.29 is 19.4 Å². The van der Waals surface area contributed by atoms with Crippen LogP contribution >= 0.6 is 11.8 Å². The van der Waals surface area contributed by atoms with Gasteiger partial charge in [-0.1, -0.05) is 91.0 Å². The van der Waals surface area contributed by atoms with Crippen molar-refractivity contribution in [1.29, 1.82) is 0 Å². The summed E-state index contributed by atoms with van der Waals surface area (Å²) < 4.78 is 12.0. The molecule has 34 heavy (non-hydrogen) atoms. The molecule has 0 aliphatic rings. The standard InChI is InChI=1S/C29H34O4S/c1-28(2,3)33-27(31)19-20-34-22-26(30)21-32-29(23-13-7-4-8-14-23,24-15-9-5-10-16-24)25-17-11-6-12-18-25/h4-18,26,30H,19-22H2,1-3H3. The molecule has 1 unspecified atom stereocenters. The molecular weight excluding hydrogens is 444 g/mol. The van der Waals surface area contributed by atoms with E-state index in [4.69, 9.17) is 9.47 Å². The monoisotopic (exact) mass is 478 g/mol. The number of rotatable bonds is 11. The summed E-state index contributed by atoms with van der Waals surface area (Å²) in [6, 6.07) is 30.3. The van der Waals surface area contributed by atoms with Gasteiger partial charge in [0.25, 0.3) is 0 Å². The summed E-state index contributed by atoms with van der Waals surface area (Å²) in [5, 5.41) is 10.7. The SMILES string of the molecule is CC(C)(C)OC(=O)CCSCC(O)COC(c1ccccc1)(c1ccccc1)c1ccccc1. The van der Waals surface area contributed by atoms with Crippen LogP contribution in [0, 0.1) is 0 Å². The fourth-order valence-corrected chi connectivity index (χ4v) is 4.65. The molecule has 0 aliphatic heterocycles. The third-order valence-electron chi connectivity index (χ3n) is 5.21. The lowest BCUT2D eigenvalue weighted by molar-refractivity contribution is -0.154. The zero-order chi connectivity index (χ0) is 24.4. The van der Waals surface area contributed by atoms with E-state index in [9.17, 15) is 9.90 Å². The highest BCUT2D eigenvalue weighted by Gasteiger charge is 2.38. The first-order valence-electron chi connectivity index (χ1n) is 11.6. The average molecular weight is 479 g/mol. The van der Waals surface area contributed by atoms with Crippen LogP contribution < -0.4 is 0 Å². The molecule has 0 fully saturated rings. The Balaban J connectivity index is 1.74. The molecule has 0 aliphatic carbocycles. The first-order chi connectivity index (χ1) is 16.3. The molecule has 0 amide bonds. The Morgan fingerprint density at radius 2 is 1.26 bits per heavy atom. The summed E-state index contributed by atoms with van der Waals surface area (Å²) in [7, 11) is 0. The fourth-order valence-electron chi connectivity index (χ4n) is 3.81. The Hall–Kier alpha value is -2.60. The molecule has 1 atom stereocenters. The van der Waals surface area contributed by atoms with Crippen molar-refractivity contribution in [3.8, 4) is 0 Å². The van der Waals surface area contributed by atoms with Crippen LogP contribution in [-0.2, 0) is 19.9 Å². The molecule has 3 aromatic rings. The second kappa shape index (κ2) is 12.2. The van der Waals surface area contributed by atoms with Gasteiger partial charge in [0.2, 0.25) is 0 Å². The minimum atomic E-state index is -0.855. The second-order valence-electron chi connectivity index (χ2n) is 9.16. The molecule has 0 saturated carbocycles. The van der Waals surface area contributed by atoms with Crippen LogP contribution in [0.4, 0.5) is 0 Å². The molecule has 0 spiro atoms. The number of esters is 1. The summed E-state index contributed by atoms with van der Waals surface area (Å²) in [5.74, 6) is 0.840. The van der Waals surface area contributed by atoms with Crippen molar-refractivity contribution in [3.05, 3.63) is 108 Å². The van der Waals surface area contributed by atoms with Crippen molar-refractivity contribution in [2.75, 3.05) is 18.1 Å². The predicted molar refractivity (Wildman–Crippen MR) is 139 cm³/mol. The number of hydrogen-bond acceptors (Lipinski definition) is 5. The van der Waals surface area contributed by atoms with Gasteiger partial charge >= 0.3 is 5.97 Å². The van der Waals surface area contributed by atoms with Gasteiger partial charge in [0.1, 0.15) is 11.2 Å². The minimum Gasteiger partial charge on any atom is -0.460 e. The van der Waals surface area contributed by atoms with Crippen LogP contribution in [0.1, 0.15) is 43.9 Å². The van der Waals surface area contributed by atoms with E-state index in [-0.39, 0.29) is 12.6 Å². The number of aliphatic hydroxyl groups is 1. The maximum Gasteiger partial charge on any atom is 0.307 e. The summed E-state index contributed by atoms with van der Waals surface area (Å²) in [6.07, 6.45) is -0.364. The van der Waals surface area contributed by atoms with Crippen molar-refractivity contribution in [1.82, 2.24) is 0 Å².